The van der Waals surface area contributed by atoms with Gasteiger partial charge in [-0.25, -0.2) is 9.37 Å². The summed E-state index contributed by atoms with van der Waals surface area (Å²) in [5.41, 5.74) is 3.28. The van der Waals surface area contributed by atoms with E-state index < -0.39 is 0 Å². The smallest absolute Gasteiger partial charge is 0.267 e. The van der Waals surface area contributed by atoms with Gasteiger partial charge >= 0.3 is 0 Å². The molecule has 1 aliphatic heterocycles. The first-order valence-corrected chi connectivity index (χ1v) is 12.3. The molecule has 162 valence electrons. The molecule has 2 aromatic heterocycles. The molecule has 2 aromatic carbocycles. The molecule has 1 aliphatic carbocycles. The lowest BCUT2D eigenvalue weighted by Gasteiger charge is -2.21. The highest BCUT2D eigenvalue weighted by Gasteiger charge is 2.29. The highest BCUT2D eigenvalue weighted by atomic mass is 32.2. The Bertz CT molecular complexity index is 1380. The van der Waals surface area contributed by atoms with E-state index in [-0.39, 0.29) is 18.2 Å². The molecule has 0 saturated heterocycles. The van der Waals surface area contributed by atoms with Gasteiger partial charge < -0.3 is 9.47 Å². The molecule has 3 heterocycles. The Labute approximate surface area is 191 Å². The van der Waals surface area contributed by atoms with Crippen molar-refractivity contribution in [1.82, 2.24) is 9.55 Å². The molecule has 8 heteroatoms. The van der Waals surface area contributed by atoms with Crippen LogP contribution in [-0.2, 0) is 17.1 Å². The van der Waals surface area contributed by atoms with Gasteiger partial charge in [0.25, 0.3) is 5.56 Å². The molecule has 1 saturated carbocycles. The molecule has 0 atom stereocenters. The molecule has 5 nitrogen and oxygen atoms in total. The van der Waals surface area contributed by atoms with Crippen molar-refractivity contribution in [2.24, 2.45) is 0 Å². The molecule has 1 fully saturated rings. The van der Waals surface area contributed by atoms with E-state index in [1.54, 1.807) is 4.57 Å². The number of rotatable bonds is 5. The van der Waals surface area contributed by atoms with Gasteiger partial charge in [-0.15, -0.1) is 11.3 Å². The van der Waals surface area contributed by atoms with E-state index in [9.17, 15) is 9.18 Å². The standard InChI is InChI=1S/C24H19FN2O3S2/c25-17-8-15-10-29-13-30-21(15)16(9-17)11-32-24-26-22-20(19(12-31-22)14-6-7-14)23(28)27(24)18-4-2-1-3-5-18/h1-5,8-9,12,14H,6-7,10-11,13H2. The van der Waals surface area contributed by atoms with Crippen molar-refractivity contribution in [3.8, 4) is 11.4 Å². The van der Waals surface area contributed by atoms with Crippen LogP contribution < -0.4 is 10.3 Å². The van der Waals surface area contributed by atoms with Crippen LogP contribution in [-0.4, -0.2) is 16.3 Å². The zero-order chi connectivity index (χ0) is 21.7. The summed E-state index contributed by atoms with van der Waals surface area (Å²) in [6, 6.07) is 12.5. The largest absolute Gasteiger partial charge is 0.467 e. The molecule has 0 N–H and O–H groups in total. The second-order valence-electron chi connectivity index (χ2n) is 7.97. The van der Waals surface area contributed by atoms with E-state index in [4.69, 9.17) is 14.5 Å². The van der Waals surface area contributed by atoms with Crippen LogP contribution in [0.25, 0.3) is 15.9 Å². The van der Waals surface area contributed by atoms with E-state index >= 15 is 0 Å². The number of ether oxygens (including phenoxy) is 2. The van der Waals surface area contributed by atoms with E-state index in [1.807, 2.05) is 30.3 Å². The van der Waals surface area contributed by atoms with Crippen LogP contribution in [0.3, 0.4) is 0 Å². The molecule has 0 bridgehead atoms. The fraction of sp³-hybridized carbons (Fsp3) is 0.250. The van der Waals surface area contributed by atoms with Crippen LogP contribution in [0, 0.1) is 5.82 Å². The van der Waals surface area contributed by atoms with Gasteiger partial charge in [-0.05, 0) is 54.0 Å². The molecule has 0 radical (unpaired) electrons. The number of thiophene rings is 1. The Kier molecular flexibility index (Phi) is 5.01. The molecular weight excluding hydrogens is 447 g/mol. The Hall–Kier alpha value is -2.68. The molecule has 6 rings (SSSR count). The Morgan fingerprint density at radius 3 is 2.88 bits per heavy atom. The van der Waals surface area contributed by atoms with Crippen LogP contribution in [0.1, 0.15) is 35.4 Å². The number of halogens is 1. The fourth-order valence-corrected chi connectivity index (χ4v) is 6.14. The molecule has 0 spiro atoms. The minimum absolute atomic E-state index is 0.0437. The normalized spacial score (nSPS) is 15.5. The van der Waals surface area contributed by atoms with Gasteiger partial charge in [0.05, 0.1) is 17.7 Å². The maximum atomic E-state index is 14.2. The fourth-order valence-electron chi connectivity index (χ4n) is 4.10. The van der Waals surface area contributed by atoms with E-state index in [2.05, 4.69) is 5.38 Å². The summed E-state index contributed by atoms with van der Waals surface area (Å²) < 4.78 is 26.8. The molecule has 2 aliphatic rings. The van der Waals surface area contributed by atoms with Gasteiger partial charge in [0.2, 0.25) is 0 Å². The lowest BCUT2D eigenvalue weighted by atomic mass is 10.1. The third-order valence-electron chi connectivity index (χ3n) is 5.75. The van der Waals surface area contributed by atoms with Crippen molar-refractivity contribution >= 4 is 33.3 Å². The van der Waals surface area contributed by atoms with Crippen molar-refractivity contribution in [2.75, 3.05) is 6.79 Å². The average Bonchev–Trinajstić information content (AvgIpc) is 3.57. The predicted octanol–water partition coefficient (Wildman–Crippen LogP) is 5.62. The number of nitrogens with zero attached hydrogens (tertiary/aromatic N) is 2. The van der Waals surface area contributed by atoms with E-state index in [1.165, 1.54) is 35.2 Å². The van der Waals surface area contributed by atoms with Crippen molar-refractivity contribution in [3.63, 3.8) is 0 Å². The first kappa shape index (κ1) is 20.0. The maximum absolute atomic E-state index is 14.2. The summed E-state index contributed by atoms with van der Waals surface area (Å²) in [6.45, 7) is 0.469. The van der Waals surface area contributed by atoms with Gasteiger partial charge in [0.1, 0.15) is 16.4 Å². The van der Waals surface area contributed by atoms with Gasteiger partial charge in [0, 0.05) is 16.9 Å². The summed E-state index contributed by atoms with van der Waals surface area (Å²) in [5, 5.41) is 3.40. The molecule has 0 unspecified atom stereocenters. The number of fused-ring (bicyclic) bond motifs is 2. The summed E-state index contributed by atoms with van der Waals surface area (Å²) in [6.07, 6.45) is 2.25. The summed E-state index contributed by atoms with van der Waals surface area (Å²) in [4.78, 5) is 19.3. The quantitative estimate of drug-likeness (QED) is 0.282. The summed E-state index contributed by atoms with van der Waals surface area (Å²) in [5.74, 6) is 1.22. The zero-order valence-corrected chi connectivity index (χ0v) is 18.7. The summed E-state index contributed by atoms with van der Waals surface area (Å²) >= 11 is 2.93. The lowest BCUT2D eigenvalue weighted by Crippen LogP contribution is -2.22. The van der Waals surface area contributed by atoms with Crippen LogP contribution in [0.5, 0.6) is 5.75 Å². The first-order chi connectivity index (χ1) is 15.7. The van der Waals surface area contributed by atoms with Crippen LogP contribution in [0.2, 0.25) is 0 Å². The average molecular weight is 467 g/mol. The Morgan fingerprint density at radius 1 is 1.22 bits per heavy atom. The molecular formula is C24H19FN2O3S2. The second kappa shape index (κ2) is 8.03. The third kappa shape index (κ3) is 3.52. The van der Waals surface area contributed by atoms with E-state index in [0.717, 1.165) is 39.9 Å². The molecule has 0 amide bonds. The monoisotopic (exact) mass is 466 g/mol. The van der Waals surface area contributed by atoms with Crippen LogP contribution in [0.15, 0.2) is 57.8 Å². The Morgan fingerprint density at radius 2 is 2.06 bits per heavy atom. The number of thioether (sulfide) groups is 1. The number of hydrogen-bond acceptors (Lipinski definition) is 6. The third-order valence-corrected chi connectivity index (χ3v) is 7.62. The SMILES string of the molecule is O=c1c2c(C3CC3)csc2nc(SCc2cc(F)cc3c2OCOC3)n1-c1ccccc1. The van der Waals surface area contributed by atoms with Gasteiger partial charge in [-0.1, -0.05) is 30.0 Å². The summed E-state index contributed by atoms with van der Waals surface area (Å²) in [7, 11) is 0. The lowest BCUT2D eigenvalue weighted by molar-refractivity contribution is -0.0171. The van der Waals surface area contributed by atoms with Gasteiger partial charge in [-0.2, -0.15) is 0 Å². The highest BCUT2D eigenvalue weighted by Crippen LogP contribution is 2.44. The Balaban J connectivity index is 1.45. The minimum atomic E-state index is -0.329. The maximum Gasteiger partial charge on any atom is 0.267 e. The second-order valence-corrected chi connectivity index (χ2v) is 9.77. The van der Waals surface area contributed by atoms with Crippen LogP contribution >= 0.6 is 23.1 Å². The predicted molar refractivity (Wildman–Crippen MR) is 123 cm³/mol. The first-order valence-electron chi connectivity index (χ1n) is 10.4. The van der Waals surface area contributed by atoms with Gasteiger partial charge in [0.15, 0.2) is 11.9 Å². The van der Waals surface area contributed by atoms with Crippen molar-refractivity contribution < 1.29 is 13.9 Å². The highest BCUT2D eigenvalue weighted by molar-refractivity contribution is 7.98. The number of benzene rings is 2. The van der Waals surface area contributed by atoms with Crippen molar-refractivity contribution in [1.29, 1.82) is 0 Å². The zero-order valence-electron chi connectivity index (χ0n) is 17.0. The molecule has 32 heavy (non-hydrogen) atoms. The van der Waals surface area contributed by atoms with Gasteiger partial charge in [-0.3, -0.25) is 9.36 Å². The number of para-hydroxylation sites is 1. The molecule has 4 aromatic rings. The van der Waals surface area contributed by atoms with E-state index in [0.29, 0.717) is 34.7 Å². The van der Waals surface area contributed by atoms with Crippen molar-refractivity contribution in [3.05, 3.63) is 80.7 Å². The number of hydrogen-bond donors (Lipinski definition) is 0. The van der Waals surface area contributed by atoms with Crippen LogP contribution in [0.4, 0.5) is 4.39 Å². The minimum Gasteiger partial charge on any atom is -0.467 e. The topological polar surface area (TPSA) is 53.4 Å². The number of aromatic nitrogens is 2. The van der Waals surface area contributed by atoms with Crippen molar-refractivity contribution in [2.45, 2.75) is 36.3 Å².